The molecule has 0 bridgehead atoms. The Morgan fingerprint density at radius 3 is 2.39 bits per heavy atom. The predicted octanol–water partition coefficient (Wildman–Crippen LogP) is 2.06. The van der Waals surface area contributed by atoms with Crippen LogP contribution in [0.15, 0.2) is 0 Å². The van der Waals surface area contributed by atoms with E-state index in [0.717, 1.165) is 25.7 Å². The van der Waals surface area contributed by atoms with Gasteiger partial charge in [-0.1, -0.05) is 26.2 Å². The maximum Gasteiger partial charge on any atom is 0.0475 e. The molecule has 1 saturated heterocycles. The van der Waals surface area contributed by atoms with E-state index in [-0.39, 0.29) is 5.54 Å². The van der Waals surface area contributed by atoms with Crippen molar-refractivity contribution in [3.05, 3.63) is 0 Å². The van der Waals surface area contributed by atoms with Crippen LogP contribution in [0.2, 0.25) is 0 Å². The molecule has 0 aromatic rings. The van der Waals surface area contributed by atoms with Crippen LogP contribution in [0.1, 0.15) is 52.4 Å². The Hall–Kier alpha value is -0.120. The van der Waals surface area contributed by atoms with Crippen molar-refractivity contribution in [2.75, 3.05) is 26.7 Å². The quantitative estimate of drug-likeness (QED) is 0.832. The summed E-state index contributed by atoms with van der Waals surface area (Å²) in [6.45, 7) is 7.77. The van der Waals surface area contributed by atoms with Crippen LogP contribution >= 0.6 is 0 Å². The molecule has 3 nitrogen and oxygen atoms in total. The lowest BCUT2D eigenvalue weighted by Crippen LogP contribution is -2.59. The third-order valence-corrected chi connectivity index (χ3v) is 5.32. The van der Waals surface area contributed by atoms with E-state index in [1.54, 1.807) is 0 Å². The van der Waals surface area contributed by atoms with Gasteiger partial charge < -0.3 is 10.6 Å². The fourth-order valence-corrected chi connectivity index (χ4v) is 4.24. The molecule has 1 aliphatic heterocycles. The van der Waals surface area contributed by atoms with Crippen molar-refractivity contribution >= 4 is 0 Å². The summed E-state index contributed by atoms with van der Waals surface area (Å²) in [4.78, 5) is 5.24. The summed E-state index contributed by atoms with van der Waals surface area (Å²) in [5.41, 5.74) is 6.45. The molecule has 2 aliphatic rings. The topological polar surface area (TPSA) is 32.5 Å². The summed E-state index contributed by atoms with van der Waals surface area (Å²) in [7, 11) is 2.25. The number of likely N-dealkylation sites (N-methyl/N-ethyl adjacent to an activating group) is 2. The highest BCUT2D eigenvalue weighted by molar-refractivity contribution is 5.04. The van der Waals surface area contributed by atoms with Gasteiger partial charge in [-0.05, 0) is 39.8 Å². The SMILES string of the molecule is CCN(C1CCCCC1)C1(CN)CC(C)N(C)C1. The van der Waals surface area contributed by atoms with Crippen molar-refractivity contribution in [1.82, 2.24) is 9.80 Å². The largest absolute Gasteiger partial charge is 0.329 e. The van der Waals surface area contributed by atoms with Gasteiger partial charge in [0.15, 0.2) is 0 Å². The molecular weight excluding hydrogens is 222 g/mol. The fraction of sp³-hybridized carbons (Fsp3) is 1.00. The first kappa shape index (κ1) is 14.3. The van der Waals surface area contributed by atoms with E-state index in [1.165, 1.54) is 38.5 Å². The van der Waals surface area contributed by atoms with Gasteiger partial charge in [-0.3, -0.25) is 4.90 Å². The molecule has 2 rings (SSSR count). The average molecular weight is 253 g/mol. The Morgan fingerprint density at radius 2 is 1.94 bits per heavy atom. The van der Waals surface area contributed by atoms with Gasteiger partial charge in [0.05, 0.1) is 0 Å². The van der Waals surface area contributed by atoms with E-state index in [4.69, 9.17) is 5.73 Å². The fourth-order valence-electron chi connectivity index (χ4n) is 4.24. The monoisotopic (exact) mass is 253 g/mol. The van der Waals surface area contributed by atoms with E-state index < -0.39 is 0 Å². The number of hydrogen-bond donors (Lipinski definition) is 1. The van der Waals surface area contributed by atoms with Crippen molar-refractivity contribution in [2.45, 2.75) is 70.0 Å². The van der Waals surface area contributed by atoms with E-state index in [1.807, 2.05) is 0 Å². The predicted molar refractivity (Wildman–Crippen MR) is 77.7 cm³/mol. The van der Waals surface area contributed by atoms with Gasteiger partial charge in [-0.15, -0.1) is 0 Å². The van der Waals surface area contributed by atoms with Crippen molar-refractivity contribution in [1.29, 1.82) is 0 Å². The van der Waals surface area contributed by atoms with Crippen LogP contribution in [0.3, 0.4) is 0 Å². The van der Waals surface area contributed by atoms with Gasteiger partial charge in [-0.25, -0.2) is 0 Å². The molecule has 0 aromatic carbocycles. The second-order valence-corrected chi connectivity index (χ2v) is 6.47. The Bertz CT molecular complexity index is 250. The molecule has 0 aromatic heterocycles. The third kappa shape index (κ3) is 2.59. The van der Waals surface area contributed by atoms with Crippen LogP contribution in [0.5, 0.6) is 0 Å². The highest BCUT2D eigenvalue weighted by Crippen LogP contribution is 2.35. The second-order valence-electron chi connectivity index (χ2n) is 6.47. The zero-order valence-electron chi connectivity index (χ0n) is 12.5. The maximum atomic E-state index is 6.21. The normalized spacial score (nSPS) is 35.5. The number of hydrogen-bond acceptors (Lipinski definition) is 3. The van der Waals surface area contributed by atoms with Gasteiger partial charge in [0.2, 0.25) is 0 Å². The zero-order chi connectivity index (χ0) is 13.2. The summed E-state index contributed by atoms with van der Waals surface area (Å²) < 4.78 is 0. The van der Waals surface area contributed by atoms with E-state index >= 15 is 0 Å². The van der Waals surface area contributed by atoms with E-state index in [9.17, 15) is 0 Å². The summed E-state index contributed by atoms with van der Waals surface area (Å²) >= 11 is 0. The average Bonchev–Trinajstić information content (AvgIpc) is 2.68. The Kier molecular flexibility index (Phi) is 4.68. The highest BCUT2D eigenvalue weighted by atomic mass is 15.3. The van der Waals surface area contributed by atoms with Gasteiger partial charge in [-0.2, -0.15) is 0 Å². The lowest BCUT2D eigenvalue weighted by molar-refractivity contribution is 0.0419. The van der Waals surface area contributed by atoms with Crippen LogP contribution in [0.4, 0.5) is 0 Å². The van der Waals surface area contributed by atoms with Crippen LogP contribution in [0.25, 0.3) is 0 Å². The van der Waals surface area contributed by atoms with E-state index in [0.29, 0.717) is 6.04 Å². The van der Waals surface area contributed by atoms with Gasteiger partial charge in [0, 0.05) is 30.7 Å². The van der Waals surface area contributed by atoms with Crippen LogP contribution in [-0.4, -0.2) is 54.1 Å². The van der Waals surface area contributed by atoms with Crippen molar-refractivity contribution in [3.63, 3.8) is 0 Å². The zero-order valence-corrected chi connectivity index (χ0v) is 12.5. The lowest BCUT2D eigenvalue weighted by atomic mass is 9.87. The minimum absolute atomic E-state index is 0.241. The number of nitrogens with two attached hydrogens (primary N) is 1. The van der Waals surface area contributed by atoms with Crippen molar-refractivity contribution in [2.24, 2.45) is 5.73 Å². The summed E-state index contributed by atoms with van der Waals surface area (Å²) in [5, 5.41) is 0. The summed E-state index contributed by atoms with van der Waals surface area (Å²) in [6, 6.07) is 1.46. The van der Waals surface area contributed by atoms with E-state index in [2.05, 4.69) is 30.7 Å². The Balaban J connectivity index is 2.13. The molecule has 106 valence electrons. The van der Waals surface area contributed by atoms with Crippen molar-refractivity contribution in [3.8, 4) is 0 Å². The third-order valence-electron chi connectivity index (χ3n) is 5.32. The lowest BCUT2D eigenvalue weighted by Gasteiger charge is -2.46. The molecule has 0 amide bonds. The molecule has 0 spiro atoms. The molecule has 18 heavy (non-hydrogen) atoms. The summed E-state index contributed by atoms with van der Waals surface area (Å²) in [5.74, 6) is 0. The number of nitrogens with zero attached hydrogens (tertiary/aromatic N) is 2. The minimum atomic E-state index is 0.241. The molecular formula is C15H31N3. The summed E-state index contributed by atoms with van der Waals surface area (Å²) in [6.07, 6.45) is 8.26. The molecule has 2 N–H and O–H groups in total. The molecule has 2 unspecified atom stereocenters. The number of likely N-dealkylation sites (tertiary alicyclic amines) is 1. The van der Waals surface area contributed by atoms with Gasteiger partial charge in [0.25, 0.3) is 0 Å². The second kappa shape index (κ2) is 5.89. The molecule has 2 fully saturated rings. The first-order valence-corrected chi connectivity index (χ1v) is 7.80. The molecule has 3 heteroatoms. The van der Waals surface area contributed by atoms with Gasteiger partial charge in [0.1, 0.15) is 0 Å². The van der Waals surface area contributed by atoms with Crippen LogP contribution in [-0.2, 0) is 0 Å². The molecule has 0 radical (unpaired) electrons. The standard InChI is InChI=1S/C15H31N3/c1-4-18(14-8-6-5-7-9-14)15(11-16)10-13(2)17(3)12-15/h13-14H,4-12,16H2,1-3H3. The first-order valence-electron chi connectivity index (χ1n) is 7.80. The first-order chi connectivity index (χ1) is 8.63. The molecule has 2 atom stereocenters. The smallest absolute Gasteiger partial charge is 0.0475 e. The molecule has 1 heterocycles. The highest BCUT2D eigenvalue weighted by Gasteiger charge is 2.45. The Labute approximate surface area is 113 Å². The number of rotatable bonds is 4. The van der Waals surface area contributed by atoms with Gasteiger partial charge >= 0.3 is 0 Å². The minimum Gasteiger partial charge on any atom is -0.329 e. The van der Waals surface area contributed by atoms with Crippen LogP contribution < -0.4 is 5.73 Å². The van der Waals surface area contributed by atoms with Crippen LogP contribution in [0, 0.1) is 0 Å². The molecule has 1 saturated carbocycles. The maximum absolute atomic E-state index is 6.21. The Morgan fingerprint density at radius 1 is 1.28 bits per heavy atom. The molecule has 1 aliphatic carbocycles. The van der Waals surface area contributed by atoms with Crippen molar-refractivity contribution < 1.29 is 0 Å².